The molecule has 4 aromatic rings. The average Bonchev–Trinajstić information content (AvgIpc) is 3.03. The Hall–Kier alpha value is -2.12. The Morgan fingerprint density at radius 3 is 3.05 bits per heavy atom. The molecule has 20 heavy (non-hydrogen) atoms. The first-order valence-electron chi connectivity index (χ1n) is 5.92. The third-order valence-corrected chi connectivity index (χ3v) is 4.83. The zero-order chi connectivity index (χ0) is 13.5. The van der Waals surface area contributed by atoms with Crippen LogP contribution in [0.15, 0.2) is 52.1 Å². The topological polar surface area (TPSA) is 69.1 Å². The van der Waals surface area contributed by atoms with Crippen LogP contribution in [-0.2, 0) is 0 Å². The molecular weight excluding hydrogens is 290 g/mol. The Bertz CT molecular complexity index is 911. The third-order valence-electron chi connectivity index (χ3n) is 2.82. The second-order valence-electron chi connectivity index (χ2n) is 4.21. The first-order valence-corrected chi connectivity index (χ1v) is 7.55. The van der Waals surface area contributed by atoms with E-state index in [4.69, 9.17) is 5.73 Å². The molecule has 1 aromatic carbocycles. The summed E-state index contributed by atoms with van der Waals surface area (Å²) in [4.78, 5) is 9.10. The van der Waals surface area contributed by atoms with Gasteiger partial charge < -0.3 is 5.73 Å². The summed E-state index contributed by atoms with van der Waals surface area (Å²) < 4.78 is 3.79. The smallest absolute Gasteiger partial charge is 0.157 e. The summed E-state index contributed by atoms with van der Waals surface area (Å²) in [6.07, 6.45) is 3.63. The standard InChI is InChI=1S/C13H9N5S2/c14-8-1-2-9-10(7-8)19-13(16-9)20-12-4-6-18-11(17-12)3-5-15-18/h1-7H,14H2. The second-order valence-corrected chi connectivity index (χ2v) is 6.51. The van der Waals surface area contributed by atoms with E-state index in [0.29, 0.717) is 0 Å². The fraction of sp³-hybridized carbons (Fsp3) is 0. The van der Waals surface area contributed by atoms with Gasteiger partial charge in [0, 0.05) is 18.0 Å². The highest BCUT2D eigenvalue weighted by atomic mass is 32.2. The Balaban J connectivity index is 1.72. The van der Waals surface area contributed by atoms with Crippen LogP contribution < -0.4 is 5.73 Å². The molecule has 7 heteroatoms. The number of hydrogen-bond acceptors (Lipinski definition) is 6. The summed E-state index contributed by atoms with van der Waals surface area (Å²) in [6.45, 7) is 0. The minimum atomic E-state index is 0.761. The molecule has 0 aliphatic heterocycles. The number of benzene rings is 1. The molecule has 4 rings (SSSR count). The van der Waals surface area contributed by atoms with Crippen molar-refractivity contribution < 1.29 is 0 Å². The first-order chi connectivity index (χ1) is 9.78. The van der Waals surface area contributed by atoms with Crippen molar-refractivity contribution in [2.75, 3.05) is 5.73 Å². The van der Waals surface area contributed by atoms with E-state index in [1.54, 1.807) is 33.8 Å². The Morgan fingerprint density at radius 1 is 1.15 bits per heavy atom. The predicted molar refractivity (Wildman–Crippen MR) is 81.1 cm³/mol. The summed E-state index contributed by atoms with van der Waals surface area (Å²) in [5.41, 5.74) is 8.35. The summed E-state index contributed by atoms with van der Waals surface area (Å²) in [5.74, 6) is 0. The maximum atomic E-state index is 5.79. The lowest BCUT2D eigenvalue weighted by Crippen LogP contribution is -1.89. The zero-order valence-electron chi connectivity index (χ0n) is 10.2. The van der Waals surface area contributed by atoms with E-state index in [-0.39, 0.29) is 0 Å². The molecule has 2 N–H and O–H groups in total. The van der Waals surface area contributed by atoms with E-state index in [9.17, 15) is 0 Å². The molecular formula is C13H9N5S2. The predicted octanol–water partition coefficient (Wildman–Crippen LogP) is 3.07. The van der Waals surface area contributed by atoms with E-state index in [2.05, 4.69) is 15.1 Å². The molecule has 0 aliphatic rings. The van der Waals surface area contributed by atoms with Crippen molar-refractivity contribution in [1.82, 2.24) is 19.6 Å². The van der Waals surface area contributed by atoms with E-state index in [1.165, 1.54) is 0 Å². The number of nitrogens with two attached hydrogens (primary N) is 1. The van der Waals surface area contributed by atoms with Crippen LogP contribution in [0.5, 0.6) is 0 Å². The number of aromatic nitrogens is 4. The van der Waals surface area contributed by atoms with Crippen LogP contribution in [-0.4, -0.2) is 19.6 Å². The lowest BCUT2D eigenvalue weighted by molar-refractivity contribution is 0.914. The lowest BCUT2D eigenvalue weighted by Gasteiger charge is -1.97. The van der Waals surface area contributed by atoms with Gasteiger partial charge in [-0.1, -0.05) is 0 Å². The second kappa shape index (κ2) is 4.46. The highest BCUT2D eigenvalue weighted by Crippen LogP contribution is 2.34. The van der Waals surface area contributed by atoms with Gasteiger partial charge in [-0.25, -0.2) is 14.5 Å². The molecule has 0 spiro atoms. The minimum absolute atomic E-state index is 0.761. The van der Waals surface area contributed by atoms with E-state index < -0.39 is 0 Å². The van der Waals surface area contributed by atoms with Crippen molar-refractivity contribution in [1.29, 1.82) is 0 Å². The van der Waals surface area contributed by atoms with Crippen LogP contribution >= 0.6 is 23.1 Å². The van der Waals surface area contributed by atoms with Gasteiger partial charge in [-0.3, -0.25) is 0 Å². The molecule has 3 aromatic heterocycles. The van der Waals surface area contributed by atoms with Crippen molar-refractivity contribution in [2.24, 2.45) is 0 Å². The van der Waals surface area contributed by atoms with Gasteiger partial charge in [0.25, 0.3) is 0 Å². The van der Waals surface area contributed by atoms with Gasteiger partial charge in [-0.05, 0) is 36.0 Å². The fourth-order valence-corrected chi connectivity index (χ4v) is 3.93. The third kappa shape index (κ3) is 2.00. The molecule has 98 valence electrons. The van der Waals surface area contributed by atoms with Gasteiger partial charge in [0.05, 0.1) is 16.4 Å². The zero-order valence-corrected chi connectivity index (χ0v) is 11.9. The maximum Gasteiger partial charge on any atom is 0.157 e. The van der Waals surface area contributed by atoms with Crippen LogP contribution in [0, 0.1) is 0 Å². The van der Waals surface area contributed by atoms with E-state index in [1.807, 2.05) is 36.5 Å². The number of hydrogen-bond donors (Lipinski definition) is 1. The first kappa shape index (κ1) is 11.7. The van der Waals surface area contributed by atoms with Crippen LogP contribution in [0.4, 0.5) is 5.69 Å². The van der Waals surface area contributed by atoms with Gasteiger partial charge in [-0.15, -0.1) is 11.3 Å². The molecule has 0 fully saturated rings. The van der Waals surface area contributed by atoms with Crippen LogP contribution in [0.1, 0.15) is 0 Å². The lowest BCUT2D eigenvalue weighted by atomic mass is 10.3. The number of thiazole rings is 1. The Morgan fingerprint density at radius 2 is 2.10 bits per heavy atom. The maximum absolute atomic E-state index is 5.79. The molecule has 0 bridgehead atoms. The Labute approximate surface area is 122 Å². The largest absolute Gasteiger partial charge is 0.399 e. The summed E-state index contributed by atoms with van der Waals surface area (Å²) >= 11 is 3.17. The van der Waals surface area contributed by atoms with Gasteiger partial charge in [0.1, 0.15) is 5.03 Å². The van der Waals surface area contributed by atoms with Crippen LogP contribution in [0.25, 0.3) is 15.9 Å². The number of rotatable bonds is 2. The SMILES string of the molecule is Nc1ccc2nc(Sc3ccn4nccc4n3)sc2c1. The molecule has 0 saturated carbocycles. The van der Waals surface area contributed by atoms with Gasteiger partial charge in [0.2, 0.25) is 0 Å². The van der Waals surface area contributed by atoms with Crippen molar-refractivity contribution >= 4 is 44.6 Å². The van der Waals surface area contributed by atoms with Crippen molar-refractivity contribution in [3.8, 4) is 0 Å². The van der Waals surface area contributed by atoms with Crippen LogP contribution in [0.2, 0.25) is 0 Å². The average molecular weight is 299 g/mol. The Kier molecular flexibility index (Phi) is 2.61. The normalized spacial score (nSPS) is 11.4. The van der Waals surface area contributed by atoms with Crippen LogP contribution in [0.3, 0.4) is 0 Å². The van der Waals surface area contributed by atoms with Crippen molar-refractivity contribution in [3.05, 3.63) is 42.7 Å². The fourth-order valence-electron chi connectivity index (χ4n) is 1.91. The highest BCUT2D eigenvalue weighted by Gasteiger charge is 2.07. The molecule has 0 amide bonds. The number of nitrogen functional groups attached to an aromatic ring is 1. The number of nitrogens with zero attached hydrogens (tertiary/aromatic N) is 4. The molecule has 0 radical (unpaired) electrons. The summed E-state index contributed by atoms with van der Waals surface area (Å²) in [5, 5.41) is 5.04. The van der Waals surface area contributed by atoms with E-state index >= 15 is 0 Å². The monoisotopic (exact) mass is 299 g/mol. The summed E-state index contributed by atoms with van der Waals surface area (Å²) in [6, 6.07) is 9.57. The van der Waals surface area contributed by atoms with Crippen molar-refractivity contribution in [2.45, 2.75) is 9.37 Å². The molecule has 0 aliphatic carbocycles. The highest BCUT2D eigenvalue weighted by molar-refractivity contribution is 8.01. The van der Waals surface area contributed by atoms with Gasteiger partial charge in [-0.2, -0.15) is 5.10 Å². The van der Waals surface area contributed by atoms with Gasteiger partial charge in [0.15, 0.2) is 9.99 Å². The molecule has 0 unspecified atom stereocenters. The summed E-state index contributed by atoms with van der Waals surface area (Å²) in [7, 11) is 0. The minimum Gasteiger partial charge on any atom is -0.399 e. The van der Waals surface area contributed by atoms with Crippen molar-refractivity contribution in [3.63, 3.8) is 0 Å². The van der Waals surface area contributed by atoms with Gasteiger partial charge >= 0.3 is 0 Å². The molecule has 0 saturated heterocycles. The quantitative estimate of drug-likeness (QED) is 0.455. The van der Waals surface area contributed by atoms with E-state index in [0.717, 1.165) is 30.9 Å². The number of anilines is 1. The molecule has 5 nitrogen and oxygen atoms in total. The molecule has 0 atom stereocenters. The number of fused-ring (bicyclic) bond motifs is 2. The molecule has 3 heterocycles.